The van der Waals surface area contributed by atoms with Gasteiger partial charge in [0.2, 0.25) is 11.9 Å². The van der Waals surface area contributed by atoms with E-state index in [0.717, 1.165) is 79.6 Å². The highest BCUT2D eigenvalue weighted by molar-refractivity contribution is 5.92. The normalized spacial score (nSPS) is 18.0. The summed E-state index contributed by atoms with van der Waals surface area (Å²) in [6.07, 6.45) is 11.7. The molecule has 2 N–H and O–H groups in total. The molecule has 3 aromatic rings. The minimum absolute atomic E-state index is 0.0249. The topological polar surface area (TPSA) is 95.9 Å². The third-order valence-corrected chi connectivity index (χ3v) is 7.09. The molecule has 0 bridgehead atoms. The first kappa shape index (κ1) is 22.7. The van der Waals surface area contributed by atoms with Gasteiger partial charge in [-0.25, -0.2) is 15.0 Å². The smallest absolute Gasteiger partial charge is 0.229 e. The van der Waals surface area contributed by atoms with E-state index in [0.29, 0.717) is 18.0 Å². The maximum Gasteiger partial charge on any atom is 0.229 e. The number of benzene rings is 1. The predicted molar refractivity (Wildman–Crippen MR) is 135 cm³/mol. The number of carbonyl (C=O) groups is 1. The van der Waals surface area contributed by atoms with Crippen LogP contribution in [0.5, 0.6) is 0 Å². The van der Waals surface area contributed by atoms with E-state index in [4.69, 9.17) is 4.98 Å². The minimum Gasteiger partial charge on any atom is -0.366 e. The molecule has 0 radical (unpaired) electrons. The van der Waals surface area contributed by atoms with Crippen LogP contribution in [0, 0.1) is 5.92 Å². The molecule has 1 aliphatic carbocycles. The van der Waals surface area contributed by atoms with Crippen LogP contribution in [0.3, 0.4) is 0 Å². The van der Waals surface area contributed by atoms with Crippen LogP contribution in [0.15, 0.2) is 36.8 Å². The second kappa shape index (κ2) is 10.0. The summed E-state index contributed by atoms with van der Waals surface area (Å²) in [6, 6.07) is 6.98. The quantitative estimate of drug-likeness (QED) is 0.560. The Hall–Kier alpha value is -3.13. The van der Waals surface area contributed by atoms with Crippen molar-refractivity contribution < 1.29 is 4.79 Å². The third kappa shape index (κ3) is 5.17. The van der Waals surface area contributed by atoms with Gasteiger partial charge in [0.05, 0.1) is 23.6 Å². The summed E-state index contributed by atoms with van der Waals surface area (Å²) in [5.74, 6) is 1.26. The van der Waals surface area contributed by atoms with Crippen LogP contribution >= 0.6 is 0 Å². The van der Waals surface area contributed by atoms with Crippen LogP contribution in [0.25, 0.3) is 22.2 Å². The van der Waals surface area contributed by atoms with Crippen LogP contribution in [0.4, 0.5) is 11.8 Å². The number of piperidine rings is 1. The Bertz CT molecular complexity index is 1150. The van der Waals surface area contributed by atoms with E-state index in [1.165, 1.54) is 0 Å². The molecule has 2 aliphatic rings. The largest absolute Gasteiger partial charge is 0.366 e. The molecule has 1 aromatic carbocycles. The maximum absolute atomic E-state index is 12.5. The molecule has 8 heteroatoms. The van der Waals surface area contributed by atoms with Gasteiger partial charge < -0.3 is 10.2 Å². The highest BCUT2D eigenvalue weighted by Crippen LogP contribution is 2.27. The highest BCUT2D eigenvalue weighted by atomic mass is 16.2. The molecule has 0 atom stereocenters. The fourth-order valence-electron chi connectivity index (χ4n) is 4.99. The lowest BCUT2D eigenvalue weighted by Crippen LogP contribution is -2.42. The van der Waals surface area contributed by atoms with E-state index in [1.807, 2.05) is 18.2 Å². The molecule has 0 spiro atoms. The summed E-state index contributed by atoms with van der Waals surface area (Å²) in [4.78, 5) is 33.2. The molecule has 2 aromatic heterocycles. The number of carbonyl (C=O) groups excluding carboxylic acids is 1. The van der Waals surface area contributed by atoms with Crippen molar-refractivity contribution in [2.24, 2.45) is 5.92 Å². The van der Waals surface area contributed by atoms with E-state index in [-0.39, 0.29) is 11.8 Å². The molecule has 8 nitrogen and oxygen atoms in total. The summed E-state index contributed by atoms with van der Waals surface area (Å²) < 4.78 is 0. The third-order valence-electron chi connectivity index (χ3n) is 7.09. The monoisotopic (exact) mass is 459 g/mol. The second-order valence-electron chi connectivity index (χ2n) is 9.78. The van der Waals surface area contributed by atoms with Gasteiger partial charge in [0, 0.05) is 48.2 Å². The number of amides is 1. The maximum atomic E-state index is 12.5. The number of hydrogen-bond donors (Lipinski definition) is 2. The standard InChI is InChI=1S/C26H33N7O/c1-17(2)33-11-9-21(10-12-33)29-24-16-27-15-23(30-24)19-7-8-20-14-28-26(31-22(20)13-19)32-25(34)18-5-3-4-6-18/h7-8,13-18,21H,3-6,9-12H2,1-2H3,(H,29,30)(H,28,31,32,34). The van der Waals surface area contributed by atoms with Gasteiger partial charge >= 0.3 is 0 Å². The first-order valence-electron chi connectivity index (χ1n) is 12.5. The van der Waals surface area contributed by atoms with Gasteiger partial charge in [0.1, 0.15) is 5.82 Å². The number of hydrogen-bond acceptors (Lipinski definition) is 7. The van der Waals surface area contributed by atoms with Crippen molar-refractivity contribution in [3.63, 3.8) is 0 Å². The van der Waals surface area contributed by atoms with Crippen molar-refractivity contribution in [1.29, 1.82) is 0 Å². The van der Waals surface area contributed by atoms with Gasteiger partial charge in [-0.05, 0) is 45.6 Å². The Morgan fingerprint density at radius 2 is 1.82 bits per heavy atom. The Balaban J connectivity index is 1.30. The van der Waals surface area contributed by atoms with E-state index < -0.39 is 0 Å². The fraction of sp³-hybridized carbons (Fsp3) is 0.500. The lowest BCUT2D eigenvalue weighted by molar-refractivity contribution is -0.119. The fourth-order valence-corrected chi connectivity index (χ4v) is 4.99. The van der Waals surface area contributed by atoms with Crippen LogP contribution in [-0.2, 0) is 4.79 Å². The molecule has 1 saturated heterocycles. The number of fused-ring (bicyclic) bond motifs is 1. The minimum atomic E-state index is 0.0249. The van der Waals surface area contributed by atoms with Gasteiger partial charge in [-0.3, -0.25) is 15.1 Å². The first-order chi connectivity index (χ1) is 16.5. The molecular weight excluding hydrogens is 426 g/mol. The molecule has 2 fully saturated rings. The molecule has 1 aliphatic heterocycles. The molecule has 34 heavy (non-hydrogen) atoms. The average molecular weight is 460 g/mol. The number of aromatic nitrogens is 4. The zero-order chi connectivity index (χ0) is 23.5. The number of likely N-dealkylation sites (tertiary alicyclic amines) is 1. The molecule has 0 unspecified atom stereocenters. The van der Waals surface area contributed by atoms with Crippen molar-refractivity contribution in [3.8, 4) is 11.3 Å². The molecule has 1 amide bonds. The van der Waals surface area contributed by atoms with Gasteiger partial charge in [-0.1, -0.05) is 25.0 Å². The van der Waals surface area contributed by atoms with Crippen LogP contribution < -0.4 is 10.6 Å². The zero-order valence-electron chi connectivity index (χ0n) is 20.0. The van der Waals surface area contributed by atoms with Gasteiger partial charge in [0.15, 0.2) is 0 Å². The highest BCUT2D eigenvalue weighted by Gasteiger charge is 2.23. The van der Waals surface area contributed by atoms with Crippen molar-refractivity contribution in [3.05, 3.63) is 36.8 Å². The molecule has 5 rings (SSSR count). The number of rotatable bonds is 6. The second-order valence-corrected chi connectivity index (χ2v) is 9.78. The van der Waals surface area contributed by atoms with Crippen LogP contribution in [0.1, 0.15) is 52.4 Å². The lowest BCUT2D eigenvalue weighted by atomic mass is 10.0. The zero-order valence-corrected chi connectivity index (χ0v) is 20.0. The van der Waals surface area contributed by atoms with Crippen molar-refractivity contribution >= 4 is 28.6 Å². The number of anilines is 2. The lowest BCUT2D eigenvalue weighted by Gasteiger charge is -2.35. The van der Waals surface area contributed by atoms with Gasteiger partial charge in [-0.2, -0.15) is 0 Å². The molecule has 1 saturated carbocycles. The number of nitrogens with zero attached hydrogens (tertiary/aromatic N) is 5. The summed E-state index contributed by atoms with van der Waals surface area (Å²) in [6.45, 7) is 6.71. The van der Waals surface area contributed by atoms with Crippen LogP contribution in [0.2, 0.25) is 0 Å². The summed E-state index contributed by atoms with van der Waals surface area (Å²) in [7, 11) is 0. The molecule has 178 valence electrons. The van der Waals surface area contributed by atoms with Crippen LogP contribution in [-0.4, -0.2) is 55.9 Å². The van der Waals surface area contributed by atoms with Crippen molar-refractivity contribution in [2.45, 2.75) is 64.5 Å². The number of nitrogens with one attached hydrogen (secondary N) is 2. The molecular formula is C26H33N7O. The predicted octanol–water partition coefficient (Wildman–Crippen LogP) is 4.50. The van der Waals surface area contributed by atoms with Gasteiger partial charge in [-0.15, -0.1) is 0 Å². The van der Waals surface area contributed by atoms with E-state index in [9.17, 15) is 4.79 Å². The summed E-state index contributed by atoms with van der Waals surface area (Å²) >= 11 is 0. The average Bonchev–Trinajstić information content (AvgIpc) is 3.39. The van der Waals surface area contributed by atoms with E-state index >= 15 is 0 Å². The summed E-state index contributed by atoms with van der Waals surface area (Å²) in [5, 5.41) is 7.39. The summed E-state index contributed by atoms with van der Waals surface area (Å²) in [5.41, 5.74) is 2.50. The Morgan fingerprint density at radius 3 is 2.59 bits per heavy atom. The van der Waals surface area contributed by atoms with Crippen molar-refractivity contribution in [1.82, 2.24) is 24.8 Å². The molecule has 3 heterocycles. The van der Waals surface area contributed by atoms with Crippen molar-refractivity contribution in [2.75, 3.05) is 23.7 Å². The van der Waals surface area contributed by atoms with Gasteiger partial charge in [0.25, 0.3) is 0 Å². The Labute approximate surface area is 200 Å². The first-order valence-corrected chi connectivity index (χ1v) is 12.5. The Morgan fingerprint density at radius 1 is 1.03 bits per heavy atom. The van der Waals surface area contributed by atoms with E-state index in [1.54, 1.807) is 18.6 Å². The Kier molecular flexibility index (Phi) is 6.67. The van der Waals surface area contributed by atoms with E-state index in [2.05, 4.69) is 44.3 Å². The SMILES string of the molecule is CC(C)N1CCC(Nc2cncc(-c3ccc4cnc(NC(=O)C5CCCC5)nc4c3)n2)CC1.